The molecule has 7 nitrogen and oxygen atoms in total. The van der Waals surface area contributed by atoms with Gasteiger partial charge in [0.1, 0.15) is 5.75 Å². The molecule has 0 aromatic heterocycles. The van der Waals surface area contributed by atoms with Gasteiger partial charge in [0.2, 0.25) is 6.41 Å². The molecule has 0 aliphatic rings. The standard InChI is InChI=1S/C15H16N2O.C12H18N2O2.C7H8/c1-11-7-13(9-14(16)8-11)15(18)17-10-12-5-3-2-4-6-12;1-16-12-5-2-4-11(8-12)9-13-6-3-7-14-10-15;1-7-5-3-2-4-6-7/h2-9H,10,16H2,1H3,(H,17,18);2,4-5,8,10,13H,3,6-7,9H2,1H3,(H,14,15);2-6H,1H3. The fourth-order valence-corrected chi connectivity index (χ4v) is 3.75. The molecule has 4 aromatic carbocycles. The summed E-state index contributed by atoms with van der Waals surface area (Å²) in [4.78, 5) is 21.9. The Morgan fingerprint density at radius 1 is 0.780 bits per heavy atom. The van der Waals surface area contributed by atoms with Gasteiger partial charge in [-0.05, 0) is 73.8 Å². The third-order valence-electron chi connectivity index (χ3n) is 5.82. The maximum absolute atomic E-state index is 12.0. The molecule has 0 saturated carbocycles. The van der Waals surface area contributed by atoms with E-state index >= 15 is 0 Å². The second-order valence-electron chi connectivity index (χ2n) is 9.41. The monoisotopic (exact) mass is 554 g/mol. The highest BCUT2D eigenvalue weighted by Crippen LogP contribution is 2.12. The number of aryl methyl sites for hydroxylation is 2. The first-order valence-electron chi connectivity index (χ1n) is 13.6. The molecular weight excluding hydrogens is 512 g/mol. The Balaban J connectivity index is 0.000000234. The van der Waals surface area contributed by atoms with Crippen LogP contribution < -0.4 is 26.4 Å². The predicted molar refractivity (Wildman–Crippen MR) is 168 cm³/mol. The molecule has 0 heterocycles. The second-order valence-corrected chi connectivity index (χ2v) is 9.41. The van der Waals surface area contributed by atoms with Crippen molar-refractivity contribution in [2.75, 3.05) is 25.9 Å². The average molecular weight is 555 g/mol. The van der Waals surface area contributed by atoms with Gasteiger partial charge in [-0.15, -0.1) is 0 Å². The molecule has 0 saturated heterocycles. The van der Waals surface area contributed by atoms with Crippen LogP contribution in [0.1, 0.15) is 39.0 Å². The van der Waals surface area contributed by atoms with Crippen LogP contribution >= 0.6 is 0 Å². The number of methoxy groups -OCH3 is 1. The van der Waals surface area contributed by atoms with Crippen molar-refractivity contribution in [3.05, 3.63) is 131 Å². The summed E-state index contributed by atoms with van der Waals surface area (Å²) in [6.45, 7) is 6.95. The number of amides is 2. The first kappa shape index (κ1) is 32.6. The first-order valence-corrected chi connectivity index (χ1v) is 13.6. The smallest absolute Gasteiger partial charge is 0.251 e. The molecule has 2 amide bonds. The van der Waals surface area contributed by atoms with E-state index in [2.05, 4.69) is 41.1 Å². The van der Waals surface area contributed by atoms with E-state index < -0.39 is 0 Å². The summed E-state index contributed by atoms with van der Waals surface area (Å²) in [7, 11) is 1.66. The molecule has 0 bridgehead atoms. The lowest BCUT2D eigenvalue weighted by atomic mass is 10.1. The van der Waals surface area contributed by atoms with Crippen molar-refractivity contribution in [2.24, 2.45) is 0 Å². The molecule has 0 radical (unpaired) electrons. The van der Waals surface area contributed by atoms with Gasteiger partial charge in [-0.25, -0.2) is 0 Å². The molecule has 5 N–H and O–H groups in total. The molecule has 4 aromatic rings. The topological polar surface area (TPSA) is 105 Å². The first-order chi connectivity index (χ1) is 19.9. The lowest BCUT2D eigenvalue weighted by Gasteiger charge is -2.07. The second kappa shape index (κ2) is 19.4. The Morgan fingerprint density at radius 3 is 2.07 bits per heavy atom. The quantitative estimate of drug-likeness (QED) is 0.113. The minimum atomic E-state index is -0.103. The predicted octanol–water partition coefficient (Wildman–Crippen LogP) is 5.42. The lowest BCUT2D eigenvalue weighted by molar-refractivity contribution is -0.109. The minimum absolute atomic E-state index is 0.103. The summed E-state index contributed by atoms with van der Waals surface area (Å²) >= 11 is 0. The van der Waals surface area contributed by atoms with Crippen LogP contribution in [0.15, 0.2) is 103 Å². The summed E-state index contributed by atoms with van der Waals surface area (Å²) in [6, 6.07) is 33.4. The number of benzene rings is 4. The maximum Gasteiger partial charge on any atom is 0.251 e. The van der Waals surface area contributed by atoms with Crippen molar-refractivity contribution in [2.45, 2.75) is 33.4 Å². The van der Waals surface area contributed by atoms with Gasteiger partial charge in [-0.1, -0.05) is 78.4 Å². The zero-order chi connectivity index (χ0) is 29.7. The van der Waals surface area contributed by atoms with Gasteiger partial charge in [0.25, 0.3) is 5.91 Å². The van der Waals surface area contributed by atoms with E-state index in [0.29, 0.717) is 24.3 Å². The van der Waals surface area contributed by atoms with Gasteiger partial charge in [0, 0.05) is 30.9 Å². The summed E-state index contributed by atoms with van der Waals surface area (Å²) < 4.78 is 5.14. The highest BCUT2D eigenvalue weighted by atomic mass is 16.5. The van der Waals surface area contributed by atoms with E-state index in [0.717, 1.165) is 42.8 Å². The Hall–Kier alpha value is -4.62. The van der Waals surface area contributed by atoms with Crippen molar-refractivity contribution in [3.8, 4) is 5.75 Å². The number of anilines is 1. The molecule has 0 aliphatic heterocycles. The maximum atomic E-state index is 12.0. The number of ether oxygens (including phenoxy) is 1. The Kier molecular flexibility index (Phi) is 15.5. The van der Waals surface area contributed by atoms with Gasteiger partial charge in [-0.2, -0.15) is 0 Å². The Morgan fingerprint density at radius 2 is 1.46 bits per heavy atom. The van der Waals surface area contributed by atoms with Crippen LogP contribution in [0.3, 0.4) is 0 Å². The number of nitrogens with two attached hydrogens (primary N) is 1. The third kappa shape index (κ3) is 14.4. The van der Waals surface area contributed by atoms with E-state index in [1.54, 1.807) is 13.2 Å². The number of rotatable bonds is 11. The molecule has 0 aliphatic carbocycles. The highest BCUT2D eigenvalue weighted by Gasteiger charge is 2.06. The van der Waals surface area contributed by atoms with E-state index in [1.165, 1.54) is 11.1 Å². The van der Waals surface area contributed by atoms with Crippen LogP contribution in [0.5, 0.6) is 5.75 Å². The van der Waals surface area contributed by atoms with Gasteiger partial charge in [-0.3, -0.25) is 9.59 Å². The zero-order valence-corrected chi connectivity index (χ0v) is 24.2. The molecule has 0 atom stereocenters. The molecule has 0 spiro atoms. The number of carbonyl (C=O) groups excluding carboxylic acids is 2. The zero-order valence-electron chi connectivity index (χ0n) is 24.2. The summed E-state index contributed by atoms with van der Waals surface area (Å²) in [5.41, 5.74) is 11.5. The van der Waals surface area contributed by atoms with Crippen LogP contribution in [-0.2, 0) is 17.9 Å². The van der Waals surface area contributed by atoms with E-state index in [1.807, 2.05) is 85.8 Å². The van der Waals surface area contributed by atoms with E-state index in [-0.39, 0.29) is 5.91 Å². The normalized spacial score (nSPS) is 9.73. The lowest BCUT2D eigenvalue weighted by Crippen LogP contribution is -2.22. The highest BCUT2D eigenvalue weighted by molar-refractivity contribution is 5.95. The van der Waals surface area contributed by atoms with Crippen molar-refractivity contribution < 1.29 is 14.3 Å². The summed E-state index contributed by atoms with van der Waals surface area (Å²) in [5.74, 6) is 0.774. The van der Waals surface area contributed by atoms with Gasteiger partial charge < -0.3 is 26.4 Å². The number of hydrogen-bond acceptors (Lipinski definition) is 5. The van der Waals surface area contributed by atoms with Crippen molar-refractivity contribution >= 4 is 18.0 Å². The van der Waals surface area contributed by atoms with Crippen LogP contribution in [-0.4, -0.2) is 32.5 Å². The number of nitrogen functional groups attached to an aromatic ring is 1. The number of nitrogens with one attached hydrogen (secondary N) is 3. The van der Waals surface area contributed by atoms with Crippen molar-refractivity contribution in [3.63, 3.8) is 0 Å². The van der Waals surface area contributed by atoms with Crippen LogP contribution in [0.4, 0.5) is 5.69 Å². The Bertz CT molecular complexity index is 1280. The molecular formula is C34H42N4O3. The molecule has 216 valence electrons. The van der Waals surface area contributed by atoms with Gasteiger partial charge in [0.15, 0.2) is 0 Å². The van der Waals surface area contributed by atoms with E-state index in [9.17, 15) is 9.59 Å². The fourth-order valence-electron chi connectivity index (χ4n) is 3.75. The van der Waals surface area contributed by atoms with Crippen LogP contribution in [0.25, 0.3) is 0 Å². The SMILES string of the molecule is COc1cccc(CNCCCNC=O)c1.Cc1cc(N)cc(C(=O)NCc2ccccc2)c1.Cc1ccccc1. The average Bonchev–Trinajstić information content (AvgIpc) is 2.99. The molecule has 7 heteroatoms. The molecule has 4 rings (SSSR count). The van der Waals surface area contributed by atoms with Crippen LogP contribution in [0, 0.1) is 13.8 Å². The van der Waals surface area contributed by atoms with E-state index in [4.69, 9.17) is 10.5 Å². The number of hydrogen-bond donors (Lipinski definition) is 4. The van der Waals surface area contributed by atoms with Crippen LogP contribution in [0.2, 0.25) is 0 Å². The Labute approximate surface area is 244 Å². The summed E-state index contributed by atoms with van der Waals surface area (Å²) in [6.07, 6.45) is 1.66. The largest absolute Gasteiger partial charge is 0.497 e. The summed E-state index contributed by atoms with van der Waals surface area (Å²) in [5, 5.41) is 8.80. The van der Waals surface area contributed by atoms with Gasteiger partial charge in [0.05, 0.1) is 7.11 Å². The fraction of sp³-hybridized carbons (Fsp3) is 0.235. The molecule has 41 heavy (non-hydrogen) atoms. The minimum Gasteiger partial charge on any atom is -0.497 e. The van der Waals surface area contributed by atoms with Gasteiger partial charge >= 0.3 is 0 Å². The third-order valence-corrected chi connectivity index (χ3v) is 5.82. The molecule has 0 fully saturated rings. The van der Waals surface area contributed by atoms with Crippen molar-refractivity contribution in [1.29, 1.82) is 0 Å². The molecule has 0 unspecified atom stereocenters. The van der Waals surface area contributed by atoms with Crippen molar-refractivity contribution in [1.82, 2.24) is 16.0 Å². The number of carbonyl (C=O) groups is 2.